The molecule has 2 amide bonds. The Morgan fingerprint density at radius 1 is 1.15 bits per heavy atom. The largest absolute Gasteiger partial charge is 0.494 e. The average Bonchev–Trinajstić information content (AvgIpc) is 3.08. The van der Waals surface area contributed by atoms with Gasteiger partial charge < -0.3 is 15.0 Å². The number of rotatable bonds is 8. The third-order valence-electron chi connectivity index (χ3n) is 5.58. The van der Waals surface area contributed by atoms with Crippen molar-refractivity contribution in [1.29, 1.82) is 0 Å². The zero-order chi connectivity index (χ0) is 24.3. The Labute approximate surface area is 195 Å². The molecule has 2 atom stereocenters. The van der Waals surface area contributed by atoms with E-state index in [1.54, 1.807) is 55.1 Å². The van der Waals surface area contributed by atoms with E-state index in [0.29, 0.717) is 24.5 Å². The normalized spacial score (nSPS) is 16.4. The second-order valence-corrected chi connectivity index (χ2v) is 10.2. The van der Waals surface area contributed by atoms with Crippen LogP contribution in [0.1, 0.15) is 40.2 Å². The fourth-order valence-electron chi connectivity index (χ4n) is 4.00. The Morgan fingerprint density at radius 2 is 1.82 bits per heavy atom. The number of nitrogens with zero attached hydrogens (tertiary/aromatic N) is 1. The van der Waals surface area contributed by atoms with E-state index in [2.05, 4.69) is 10.0 Å². The first kappa shape index (κ1) is 24.7. The van der Waals surface area contributed by atoms with Crippen LogP contribution in [0.15, 0.2) is 47.4 Å². The van der Waals surface area contributed by atoms with Gasteiger partial charge in [0.2, 0.25) is 21.8 Å². The average molecular weight is 474 g/mol. The van der Waals surface area contributed by atoms with E-state index in [1.165, 1.54) is 13.0 Å². The Morgan fingerprint density at radius 3 is 2.39 bits per heavy atom. The first-order valence-electron chi connectivity index (χ1n) is 11.0. The van der Waals surface area contributed by atoms with Gasteiger partial charge in [-0.25, -0.2) is 8.42 Å². The first-order chi connectivity index (χ1) is 15.5. The van der Waals surface area contributed by atoms with Crippen molar-refractivity contribution in [1.82, 2.24) is 4.72 Å². The molecule has 0 bridgehead atoms. The highest BCUT2D eigenvalue weighted by molar-refractivity contribution is 7.89. The Balaban J connectivity index is 1.78. The van der Waals surface area contributed by atoms with Gasteiger partial charge in [0.15, 0.2) is 0 Å². The summed E-state index contributed by atoms with van der Waals surface area (Å²) in [5.74, 6) is -0.132. The molecule has 0 radical (unpaired) electrons. The maximum atomic E-state index is 13.1. The van der Waals surface area contributed by atoms with Crippen LogP contribution in [0.4, 0.5) is 11.4 Å². The maximum Gasteiger partial charge on any atom is 0.242 e. The van der Waals surface area contributed by atoms with E-state index in [9.17, 15) is 18.0 Å². The summed E-state index contributed by atoms with van der Waals surface area (Å²) in [6, 6.07) is 10.6. The molecule has 8 nitrogen and oxygen atoms in total. The smallest absolute Gasteiger partial charge is 0.242 e. The molecule has 2 aromatic carbocycles. The lowest BCUT2D eigenvalue weighted by Crippen LogP contribution is -2.47. The van der Waals surface area contributed by atoms with Gasteiger partial charge in [0.1, 0.15) is 11.8 Å². The number of carbonyl (C=O) groups is 2. The predicted octanol–water partition coefficient (Wildman–Crippen LogP) is 3.32. The molecule has 0 saturated heterocycles. The van der Waals surface area contributed by atoms with Gasteiger partial charge in [-0.2, -0.15) is 4.72 Å². The van der Waals surface area contributed by atoms with Crippen LogP contribution in [0, 0.1) is 5.92 Å². The van der Waals surface area contributed by atoms with E-state index in [1.807, 2.05) is 13.8 Å². The standard InChI is InChI=1S/C24H31N3O5S/c1-6-32-20-9-7-19(8-10-20)25-24(29)23(15(2)3)26-33(30,31)21-11-12-22-18(14-21)13-16(4)27(22)17(5)28/h7-12,14-16,23,26H,6,13H2,1-5H3,(H,25,29)/t16-,23+/m1/s1. The van der Waals surface area contributed by atoms with Crippen LogP contribution < -0.4 is 19.7 Å². The van der Waals surface area contributed by atoms with Crippen LogP contribution in [0.2, 0.25) is 0 Å². The number of nitrogens with one attached hydrogen (secondary N) is 2. The summed E-state index contributed by atoms with van der Waals surface area (Å²) in [6.45, 7) is 9.40. The summed E-state index contributed by atoms with van der Waals surface area (Å²) in [5.41, 5.74) is 2.06. The van der Waals surface area contributed by atoms with Crippen LogP contribution in [-0.2, 0) is 26.0 Å². The zero-order valence-corrected chi connectivity index (χ0v) is 20.4. The summed E-state index contributed by atoms with van der Waals surface area (Å²) in [4.78, 5) is 26.6. The van der Waals surface area contributed by atoms with Gasteiger partial charge in [-0.15, -0.1) is 0 Å². The van der Waals surface area contributed by atoms with E-state index >= 15 is 0 Å². The quantitative estimate of drug-likeness (QED) is 0.612. The summed E-state index contributed by atoms with van der Waals surface area (Å²) < 4.78 is 34.2. The van der Waals surface area contributed by atoms with E-state index < -0.39 is 22.0 Å². The molecule has 33 heavy (non-hydrogen) atoms. The molecule has 1 heterocycles. The SMILES string of the molecule is CCOc1ccc(NC(=O)[C@@H](NS(=O)(=O)c2ccc3c(c2)C[C@@H](C)N3C(C)=O)C(C)C)cc1. The summed E-state index contributed by atoms with van der Waals surface area (Å²) in [5, 5.41) is 2.77. The minimum Gasteiger partial charge on any atom is -0.494 e. The Bertz CT molecular complexity index is 1130. The van der Waals surface area contributed by atoms with Crippen molar-refractivity contribution in [2.24, 2.45) is 5.92 Å². The van der Waals surface area contributed by atoms with Gasteiger partial charge in [0.25, 0.3) is 0 Å². The molecule has 2 N–H and O–H groups in total. The lowest BCUT2D eigenvalue weighted by atomic mass is 10.0. The molecule has 0 unspecified atom stereocenters. The third kappa shape index (κ3) is 5.54. The number of sulfonamides is 1. The second kappa shape index (κ2) is 9.93. The van der Waals surface area contributed by atoms with Gasteiger partial charge in [-0.3, -0.25) is 9.59 Å². The van der Waals surface area contributed by atoms with Crippen molar-refractivity contribution in [2.45, 2.75) is 58.0 Å². The molecule has 0 aromatic heterocycles. The van der Waals surface area contributed by atoms with Crippen molar-refractivity contribution in [3.63, 3.8) is 0 Å². The Kier molecular flexibility index (Phi) is 7.44. The van der Waals surface area contributed by atoms with Crippen LogP contribution in [-0.4, -0.2) is 38.9 Å². The number of hydrogen-bond acceptors (Lipinski definition) is 5. The van der Waals surface area contributed by atoms with Gasteiger partial charge >= 0.3 is 0 Å². The van der Waals surface area contributed by atoms with E-state index in [-0.39, 0.29) is 22.8 Å². The van der Waals surface area contributed by atoms with Crippen LogP contribution >= 0.6 is 0 Å². The monoisotopic (exact) mass is 473 g/mol. The number of carbonyl (C=O) groups excluding carboxylic acids is 2. The highest BCUT2D eigenvalue weighted by atomic mass is 32.2. The number of amides is 2. The minimum absolute atomic E-state index is 0.0354. The van der Waals surface area contributed by atoms with Gasteiger partial charge in [0.05, 0.1) is 11.5 Å². The molecule has 0 spiro atoms. The van der Waals surface area contributed by atoms with Gasteiger partial charge in [0, 0.05) is 24.3 Å². The molecule has 1 aliphatic rings. The Hall–Kier alpha value is -2.91. The highest BCUT2D eigenvalue weighted by Gasteiger charge is 2.32. The van der Waals surface area contributed by atoms with Crippen molar-refractivity contribution >= 4 is 33.2 Å². The summed E-state index contributed by atoms with van der Waals surface area (Å²) in [7, 11) is -3.97. The molecule has 9 heteroatoms. The molecular weight excluding hydrogens is 442 g/mol. The summed E-state index contributed by atoms with van der Waals surface area (Å²) in [6.07, 6.45) is 0.574. The second-order valence-electron chi connectivity index (χ2n) is 8.52. The molecule has 178 valence electrons. The van der Waals surface area contributed by atoms with E-state index in [0.717, 1.165) is 11.3 Å². The van der Waals surface area contributed by atoms with E-state index in [4.69, 9.17) is 4.74 Å². The number of anilines is 2. The molecule has 0 fully saturated rings. The fourth-order valence-corrected chi connectivity index (χ4v) is 5.40. The molecule has 0 saturated carbocycles. The van der Waals surface area contributed by atoms with Crippen LogP contribution in [0.5, 0.6) is 5.75 Å². The van der Waals surface area contributed by atoms with Gasteiger partial charge in [-0.1, -0.05) is 13.8 Å². The van der Waals surface area contributed by atoms with Crippen LogP contribution in [0.25, 0.3) is 0 Å². The van der Waals surface area contributed by atoms with Crippen molar-refractivity contribution in [3.8, 4) is 5.75 Å². The van der Waals surface area contributed by atoms with Crippen LogP contribution in [0.3, 0.4) is 0 Å². The number of benzene rings is 2. The fraction of sp³-hybridized carbons (Fsp3) is 0.417. The molecule has 0 aliphatic carbocycles. The lowest BCUT2D eigenvalue weighted by Gasteiger charge is -2.22. The first-order valence-corrected chi connectivity index (χ1v) is 12.5. The number of fused-ring (bicyclic) bond motifs is 1. The highest BCUT2D eigenvalue weighted by Crippen LogP contribution is 2.34. The minimum atomic E-state index is -3.97. The van der Waals surface area contributed by atoms with Gasteiger partial charge in [-0.05, 0) is 74.2 Å². The maximum absolute atomic E-state index is 13.1. The van der Waals surface area contributed by atoms with Crippen molar-refractivity contribution in [2.75, 3.05) is 16.8 Å². The third-order valence-corrected chi connectivity index (χ3v) is 7.02. The molecule has 1 aliphatic heterocycles. The van der Waals surface area contributed by atoms with Crippen molar-refractivity contribution in [3.05, 3.63) is 48.0 Å². The molecule has 3 rings (SSSR count). The zero-order valence-electron chi connectivity index (χ0n) is 19.6. The predicted molar refractivity (Wildman–Crippen MR) is 128 cm³/mol. The summed E-state index contributed by atoms with van der Waals surface area (Å²) >= 11 is 0. The lowest BCUT2D eigenvalue weighted by molar-refractivity contribution is -0.118. The molecule has 2 aromatic rings. The number of ether oxygens (including phenoxy) is 1. The van der Waals surface area contributed by atoms with Crippen molar-refractivity contribution < 1.29 is 22.7 Å². The topological polar surface area (TPSA) is 105 Å². The number of hydrogen-bond donors (Lipinski definition) is 2. The molecular formula is C24H31N3O5S.